The molecule has 0 radical (unpaired) electrons. The van der Waals surface area contributed by atoms with Crippen molar-refractivity contribution in [2.45, 2.75) is 31.0 Å². The van der Waals surface area contributed by atoms with E-state index in [-0.39, 0.29) is 11.3 Å². The molecule has 4 heteroatoms. The van der Waals surface area contributed by atoms with Gasteiger partial charge in [0.1, 0.15) is 7.14 Å². The fourth-order valence-corrected chi connectivity index (χ4v) is 10.6. The Labute approximate surface area is 104 Å². The average molecular weight is 266 g/mol. The molecule has 2 saturated heterocycles. The Balaban J connectivity index is 1.94. The molecule has 3 atom stereocenters. The predicted molar refractivity (Wildman–Crippen MR) is 74.4 cm³/mol. The third-order valence-electron chi connectivity index (χ3n) is 4.26. The van der Waals surface area contributed by atoms with E-state index in [1.54, 1.807) is 0 Å². The zero-order chi connectivity index (χ0) is 12.3. The van der Waals surface area contributed by atoms with Crippen molar-refractivity contribution in [1.82, 2.24) is 0 Å². The van der Waals surface area contributed by atoms with Gasteiger partial charge in [-0.3, -0.25) is 0 Å². The summed E-state index contributed by atoms with van der Waals surface area (Å²) < 4.78 is 19.0. The van der Waals surface area contributed by atoms with Gasteiger partial charge in [0.15, 0.2) is 0 Å². The largest absolute Gasteiger partial charge is 0.369 e. The van der Waals surface area contributed by atoms with Gasteiger partial charge in [-0.1, -0.05) is 50.0 Å². The quantitative estimate of drug-likeness (QED) is 0.468. The topological polar surface area (TPSA) is 29.6 Å². The monoisotopic (exact) mass is 266 g/mol. The van der Waals surface area contributed by atoms with Crippen molar-refractivity contribution >= 4 is 20.5 Å². The van der Waals surface area contributed by atoms with E-state index in [1.807, 2.05) is 30.3 Å². The van der Waals surface area contributed by atoms with Gasteiger partial charge in [0.25, 0.3) is 0 Å². The third kappa shape index (κ3) is 1.60. The maximum Gasteiger partial charge on any atom is 0.120 e. The van der Waals surface area contributed by atoms with Crippen molar-refractivity contribution in [3.63, 3.8) is 0 Å². The number of rotatable bonds is 2. The molecule has 0 aromatic heterocycles. The number of epoxide rings is 1. The van der Waals surface area contributed by atoms with E-state index in [4.69, 9.17) is 4.74 Å². The lowest BCUT2D eigenvalue weighted by molar-refractivity contribution is 0.354. The number of hydrogen-bond donors (Lipinski definition) is 0. The second-order valence-corrected chi connectivity index (χ2v) is 14.6. The first-order valence-electron chi connectivity index (χ1n) is 6.19. The molecule has 1 unspecified atom stereocenters. The summed E-state index contributed by atoms with van der Waals surface area (Å²) in [7, 11) is -3.57. The lowest BCUT2D eigenvalue weighted by Gasteiger charge is -2.25. The van der Waals surface area contributed by atoms with E-state index in [2.05, 4.69) is 19.6 Å². The zero-order valence-corrected chi connectivity index (χ0v) is 12.5. The van der Waals surface area contributed by atoms with Crippen molar-refractivity contribution < 1.29 is 9.30 Å². The molecule has 2 fully saturated rings. The maximum absolute atomic E-state index is 13.0. The molecular formula is C13H19O2PSi. The summed E-state index contributed by atoms with van der Waals surface area (Å²) in [5.41, 5.74) is 0. The van der Waals surface area contributed by atoms with Crippen LogP contribution in [0.25, 0.3) is 0 Å². The second-order valence-electron chi connectivity index (χ2n) is 6.31. The third-order valence-corrected chi connectivity index (χ3v) is 10.9. The van der Waals surface area contributed by atoms with Crippen molar-refractivity contribution in [1.29, 1.82) is 0 Å². The molecule has 0 amide bonds. The fourth-order valence-electron chi connectivity index (χ4n) is 3.05. The van der Waals surface area contributed by atoms with Gasteiger partial charge in [0.2, 0.25) is 0 Å². The van der Waals surface area contributed by atoms with Crippen molar-refractivity contribution in [3.8, 4) is 0 Å². The summed E-state index contributed by atoms with van der Waals surface area (Å²) in [4.78, 5) is 0. The number of ether oxygens (including phenoxy) is 1. The molecule has 3 rings (SSSR count). The van der Waals surface area contributed by atoms with Crippen LogP contribution in [0.2, 0.25) is 19.6 Å². The van der Waals surface area contributed by atoms with Crippen LogP contribution in [-0.4, -0.2) is 31.7 Å². The number of fused-ring (bicyclic) bond motifs is 1. The van der Waals surface area contributed by atoms with Crippen molar-refractivity contribution in [3.05, 3.63) is 30.3 Å². The average Bonchev–Trinajstić information content (AvgIpc) is 2.85. The molecule has 0 spiro atoms. The lowest BCUT2D eigenvalue weighted by Crippen LogP contribution is -2.44. The normalized spacial score (nSPS) is 40.1. The molecule has 2 heterocycles. The van der Waals surface area contributed by atoms with Crippen LogP contribution < -0.4 is 5.30 Å². The smallest absolute Gasteiger partial charge is 0.120 e. The minimum absolute atomic E-state index is 0.0123. The first kappa shape index (κ1) is 11.7. The van der Waals surface area contributed by atoms with Crippen LogP contribution >= 0.6 is 7.14 Å². The minimum atomic E-state index is -2.18. The van der Waals surface area contributed by atoms with Crippen LogP contribution in [0.15, 0.2) is 30.3 Å². The van der Waals surface area contributed by atoms with Gasteiger partial charge in [-0.05, 0) is 0 Å². The summed E-state index contributed by atoms with van der Waals surface area (Å²) >= 11 is 0. The molecule has 2 aliphatic heterocycles. The molecule has 0 saturated carbocycles. The Morgan fingerprint density at radius 3 is 2.47 bits per heavy atom. The standard InChI is InChI=1S/C13H19O2PSi/c1-17(2,3)13-10-16(14,9-12(13)15-13)11-7-5-4-6-8-11/h4-8,12H,9-10H2,1-3H3/t12-,13-,16?/m1/s1. The van der Waals surface area contributed by atoms with Crippen LogP contribution in [-0.2, 0) is 9.30 Å². The molecule has 1 aromatic carbocycles. The maximum atomic E-state index is 13.0. The van der Waals surface area contributed by atoms with Crippen LogP contribution in [0.5, 0.6) is 0 Å². The van der Waals surface area contributed by atoms with E-state index in [0.717, 1.165) is 17.6 Å². The molecule has 92 valence electrons. The molecule has 0 bridgehead atoms. The Bertz CT molecular complexity index is 494. The van der Waals surface area contributed by atoms with E-state index in [9.17, 15) is 4.57 Å². The fraction of sp³-hybridized carbons (Fsp3) is 0.538. The SMILES string of the molecule is C[Si](C)(C)[C@]12CP(=O)(c3ccccc3)C[C@H]1O2. The van der Waals surface area contributed by atoms with Crippen LogP contribution in [0.3, 0.4) is 0 Å². The van der Waals surface area contributed by atoms with E-state index >= 15 is 0 Å². The van der Waals surface area contributed by atoms with Gasteiger partial charge in [-0.2, -0.15) is 0 Å². The van der Waals surface area contributed by atoms with E-state index < -0.39 is 15.2 Å². The molecule has 1 aromatic rings. The van der Waals surface area contributed by atoms with Gasteiger partial charge < -0.3 is 9.30 Å². The molecule has 17 heavy (non-hydrogen) atoms. The van der Waals surface area contributed by atoms with Crippen LogP contribution in [0, 0.1) is 0 Å². The van der Waals surface area contributed by atoms with E-state index in [0.29, 0.717) is 0 Å². The first-order chi connectivity index (χ1) is 7.87. The Morgan fingerprint density at radius 1 is 1.29 bits per heavy atom. The summed E-state index contributed by atoms with van der Waals surface area (Å²) in [6.07, 6.45) is 1.83. The number of hydrogen-bond acceptors (Lipinski definition) is 2. The van der Waals surface area contributed by atoms with Gasteiger partial charge in [-0.15, -0.1) is 0 Å². The summed E-state index contributed by atoms with van der Waals surface area (Å²) in [6, 6.07) is 9.99. The first-order valence-corrected chi connectivity index (χ1v) is 11.8. The van der Waals surface area contributed by atoms with Gasteiger partial charge >= 0.3 is 0 Å². The van der Waals surface area contributed by atoms with Crippen LogP contribution in [0.1, 0.15) is 0 Å². The summed E-state index contributed by atoms with van der Waals surface area (Å²) in [5, 5.41) is 1.06. The lowest BCUT2D eigenvalue weighted by atomic mass is 10.4. The number of benzene rings is 1. The predicted octanol–water partition coefficient (Wildman–Crippen LogP) is 2.70. The minimum Gasteiger partial charge on any atom is -0.369 e. The molecule has 2 nitrogen and oxygen atoms in total. The van der Waals surface area contributed by atoms with Crippen molar-refractivity contribution in [2.75, 3.05) is 12.3 Å². The Hall–Kier alpha value is -0.373. The van der Waals surface area contributed by atoms with Gasteiger partial charge in [0, 0.05) is 17.6 Å². The van der Waals surface area contributed by atoms with Gasteiger partial charge in [-0.25, -0.2) is 0 Å². The molecule has 0 N–H and O–H groups in total. The second kappa shape index (κ2) is 3.34. The Morgan fingerprint density at radius 2 is 1.94 bits per heavy atom. The summed E-state index contributed by atoms with van der Waals surface area (Å²) in [6.45, 7) is 6.98. The summed E-state index contributed by atoms with van der Waals surface area (Å²) in [5.74, 6) is 0. The highest BCUT2D eigenvalue weighted by molar-refractivity contribution is 7.72. The highest BCUT2D eigenvalue weighted by atomic mass is 31.2. The van der Waals surface area contributed by atoms with E-state index in [1.165, 1.54) is 0 Å². The highest BCUT2D eigenvalue weighted by Gasteiger charge is 2.71. The molecule has 0 aliphatic carbocycles. The van der Waals surface area contributed by atoms with Gasteiger partial charge in [0.05, 0.1) is 19.4 Å². The molecular weight excluding hydrogens is 247 g/mol. The van der Waals surface area contributed by atoms with Crippen molar-refractivity contribution in [2.24, 2.45) is 0 Å². The van der Waals surface area contributed by atoms with Crippen LogP contribution in [0.4, 0.5) is 0 Å². The zero-order valence-electron chi connectivity index (χ0n) is 10.6. The Kier molecular flexibility index (Phi) is 2.30. The highest BCUT2D eigenvalue weighted by Crippen LogP contribution is 2.66. The molecule has 2 aliphatic rings.